The SMILES string of the molecule is COCCOc1ccc(CN2CCCC2=O)cc1OCCOC. The van der Waals surface area contributed by atoms with E-state index in [0.29, 0.717) is 50.9 Å². The molecule has 0 atom stereocenters. The van der Waals surface area contributed by atoms with Crippen LogP contribution in [0, 0.1) is 0 Å². The molecule has 128 valence electrons. The summed E-state index contributed by atoms with van der Waals surface area (Å²) in [5.41, 5.74) is 1.03. The van der Waals surface area contributed by atoms with Gasteiger partial charge < -0.3 is 23.8 Å². The summed E-state index contributed by atoms with van der Waals surface area (Å²) < 4.78 is 21.4. The number of ether oxygens (including phenoxy) is 4. The van der Waals surface area contributed by atoms with Crippen LogP contribution >= 0.6 is 0 Å². The molecular weight excluding hydrogens is 298 g/mol. The van der Waals surface area contributed by atoms with Crippen LogP contribution in [0.1, 0.15) is 18.4 Å². The summed E-state index contributed by atoms with van der Waals surface area (Å²) in [5, 5.41) is 0. The fourth-order valence-corrected chi connectivity index (χ4v) is 2.44. The van der Waals surface area contributed by atoms with E-state index in [2.05, 4.69) is 0 Å². The minimum Gasteiger partial charge on any atom is -0.487 e. The Bertz CT molecular complexity index is 506. The summed E-state index contributed by atoms with van der Waals surface area (Å²) in [4.78, 5) is 13.6. The van der Waals surface area contributed by atoms with Gasteiger partial charge in [0.05, 0.1) is 13.2 Å². The zero-order valence-corrected chi connectivity index (χ0v) is 13.9. The third kappa shape index (κ3) is 5.41. The van der Waals surface area contributed by atoms with E-state index in [1.54, 1.807) is 14.2 Å². The quantitative estimate of drug-likeness (QED) is 0.615. The third-order valence-corrected chi connectivity index (χ3v) is 3.64. The first kappa shape index (κ1) is 17.6. The van der Waals surface area contributed by atoms with Gasteiger partial charge in [-0.05, 0) is 24.1 Å². The average molecular weight is 323 g/mol. The Labute approximate surface area is 137 Å². The molecule has 1 aromatic rings. The van der Waals surface area contributed by atoms with Crippen molar-refractivity contribution in [1.29, 1.82) is 0 Å². The van der Waals surface area contributed by atoms with Crippen LogP contribution in [0.4, 0.5) is 0 Å². The van der Waals surface area contributed by atoms with E-state index in [0.717, 1.165) is 18.5 Å². The van der Waals surface area contributed by atoms with Crippen LogP contribution < -0.4 is 9.47 Å². The monoisotopic (exact) mass is 323 g/mol. The highest BCUT2D eigenvalue weighted by Crippen LogP contribution is 2.29. The van der Waals surface area contributed by atoms with Crippen LogP contribution in [0.15, 0.2) is 18.2 Å². The van der Waals surface area contributed by atoms with Crippen LogP contribution in [0.3, 0.4) is 0 Å². The molecular formula is C17H25NO5. The van der Waals surface area contributed by atoms with E-state index in [4.69, 9.17) is 18.9 Å². The van der Waals surface area contributed by atoms with E-state index in [1.807, 2.05) is 23.1 Å². The van der Waals surface area contributed by atoms with Crippen molar-refractivity contribution in [3.8, 4) is 11.5 Å². The van der Waals surface area contributed by atoms with Gasteiger partial charge in [0.15, 0.2) is 11.5 Å². The largest absolute Gasteiger partial charge is 0.487 e. The highest BCUT2D eigenvalue weighted by atomic mass is 16.5. The second-order valence-electron chi connectivity index (χ2n) is 5.38. The standard InChI is InChI=1S/C17H25NO5/c1-20-8-10-22-15-6-5-14(12-16(15)23-11-9-21-2)13-18-7-3-4-17(18)19/h5-6,12H,3-4,7-11,13H2,1-2H3. The number of amides is 1. The van der Waals surface area contributed by atoms with Crippen LogP contribution in [-0.2, 0) is 20.8 Å². The van der Waals surface area contributed by atoms with Gasteiger partial charge in [0.2, 0.25) is 5.91 Å². The van der Waals surface area contributed by atoms with Gasteiger partial charge in [0, 0.05) is 33.7 Å². The van der Waals surface area contributed by atoms with Crippen LogP contribution in [0.5, 0.6) is 11.5 Å². The second kappa shape index (κ2) is 9.37. The highest BCUT2D eigenvalue weighted by Gasteiger charge is 2.20. The van der Waals surface area contributed by atoms with Gasteiger partial charge in [0.1, 0.15) is 13.2 Å². The molecule has 0 spiro atoms. The van der Waals surface area contributed by atoms with Gasteiger partial charge in [-0.1, -0.05) is 6.07 Å². The molecule has 1 amide bonds. The minimum atomic E-state index is 0.215. The highest BCUT2D eigenvalue weighted by molar-refractivity contribution is 5.78. The van der Waals surface area contributed by atoms with Crippen molar-refractivity contribution in [3.63, 3.8) is 0 Å². The predicted molar refractivity (Wildman–Crippen MR) is 85.8 cm³/mol. The summed E-state index contributed by atoms with van der Waals surface area (Å²) >= 11 is 0. The maximum atomic E-state index is 11.8. The lowest BCUT2D eigenvalue weighted by molar-refractivity contribution is -0.128. The zero-order chi connectivity index (χ0) is 16.5. The number of carbonyl (C=O) groups is 1. The van der Waals surface area contributed by atoms with Gasteiger partial charge in [-0.3, -0.25) is 4.79 Å². The number of likely N-dealkylation sites (tertiary alicyclic amines) is 1. The maximum absolute atomic E-state index is 11.8. The number of rotatable bonds is 10. The molecule has 0 saturated carbocycles. The van der Waals surface area contributed by atoms with Crippen molar-refractivity contribution in [2.24, 2.45) is 0 Å². The van der Waals surface area contributed by atoms with Crippen molar-refractivity contribution < 1.29 is 23.7 Å². The zero-order valence-electron chi connectivity index (χ0n) is 13.9. The van der Waals surface area contributed by atoms with Crippen molar-refractivity contribution in [2.75, 3.05) is 47.2 Å². The molecule has 0 bridgehead atoms. The Morgan fingerprint density at radius 2 is 1.70 bits per heavy atom. The van der Waals surface area contributed by atoms with Crippen LogP contribution in [0.25, 0.3) is 0 Å². The Hall–Kier alpha value is -1.79. The molecule has 1 heterocycles. The Morgan fingerprint density at radius 1 is 1.00 bits per heavy atom. The summed E-state index contributed by atoms with van der Waals surface area (Å²) in [6, 6.07) is 5.79. The predicted octanol–water partition coefficient (Wildman–Crippen LogP) is 1.86. The molecule has 1 aliphatic heterocycles. The molecule has 2 rings (SSSR count). The summed E-state index contributed by atoms with van der Waals surface area (Å²) in [7, 11) is 3.27. The van der Waals surface area contributed by atoms with Gasteiger partial charge in [-0.2, -0.15) is 0 Å². The molecule has 6 nitrogen and oxygen atoms in total. The molecule has 6 heteroatoms. The molecule has 0 aliphatic carbocycles. The third-order valence-electron chi connectivity index (χ3n) is 3.64. The molecule has 23 heavy (non-hydrogen) atoms. The smallest absolute Gasteiger partial charge is 0.222 e. The molecule has 1 aromatic carbocycles. The molecule has 1 fully saturated rings. The number of carbonyl (C=O) groups excluding carboxylic acids is 1. The fraction of sp³-hybridized carbons (Fsp3) is 0.588. The van der Waals surface area contributed by atoms with E-state index in [-0.39, 0.29) is 5.91 Å². The van der Waals surface area contributed by atoms with Gasteiger partial charge in [-0.15, -0.1) is 0 Å². The summed E-state index contributed by atoms with van der Waals surface area (Å²) in [6.07, 6.45) is 1.59. The molecule has 1 saturated heterocycles. The maximum Gasteiger partial charge on any atom is 0.222 e. The molecule has 0 unspecified atom stereocenters. The van der Waals surface area contributed by atoms with Crippen molar-refractivity contribution >= 4 is 5.91 Å². The molecule has 1 aliphatic rings. The topological polar surface area (TPSA) is 57.2 Å². The van der Waals surface area contributed by atoms with Gasteiger partial charge in [-0.25, -0.2) is 0 Å². The van der Waals surface area contributed by atoms with E-state index in [9.17, 15) is 4.79 Å². The normalized spacial score (nSPS) is 14.3. The first-order valence-corrected chi connectivity index (χ1v) is 7.88. The average Bonchev–Trinajstić information content (AvgIpc) is 2.95. The van der Waals surface area contributed by atoms with Crippen LogP contribution in [0.2, 0.25) is 0 Å². The number of nitrogens with zero attached hydrogens (tertiary/aromatic N) is 1. The first-order valence-electron chi connectivity index (χ1n) is 7.88. The first-order chi connectivity index (χ1) is 11.2. The minimum absolute atomic E-state index is 0.215. The summed E-state index contributed by atoms with van der Waals surface area (Å²) in [5.74, 6) is 1.56. The lowest BCUT2D eigenvalue weighted by Gasteiger charge is -2.18. The van der Waals surface area contributed by atoms with Gasteiger partial charge >= 0.3 is 0 Å². The molecule has 0 aromatic heterocycles. The Morgan fingerprint density at radius 3 is 2.30 bits per heavy atom. The molecule has 0 radical (unpaired) electrons. The van der Waals surface area contributed by atoms with E-state index in [1.165, 1.54) is 0 Å². The Balaban J connectivity index is 2.04. The number of methoxy groups -OCH3 is 2. The Kier molecular flexibility index (Phi) is 7.16. The molecule has 0 N–H and O–H groups in total. The fourth-order valence-electron chi connectivity index (χ4n) is 2.44. The lowest BCUT2D eigenvalue weighted by atomic mass is 10.2. The van der Waals surface area contributed by atoms with Crippen molar-refractivity contribution in [1.82, 2.24) is 4.90 Å². The van der Waals surface area contributed by atoms with Gasteiger partial charge in [0.25, 0.3) is 0 Å². The van der Waals surface area contributed by atoms with E-state index >= 15 is 0 Å². The number of hydrogen-bond donors (Lipinski definition) is 0. The van der Waals surface area contributed by atoms with Crippen molar-refractivity contribution in [2.45, 2.75) is 19.4 Å². The number of benzene rings is 1. The lowest BCUT2D eigenvalue weighted by Crippen LogP contribution is -2.23. The number of hydrogen-bond acceptors (Lipinski definition) is 5. The van der Waals surface area contributed by atoms with E-state index < -0.39 is 0 Å². The second-order valence-corrected chi connectivity index (χ2v) is 5.38. The van der Waals surface area contributed by atoms with Crippen molar-refractivity contribution in [3.05, 3.63) is 23.8 Å². The summed E-state index contributed by atoms with van der Waals surface area (Å²) in [6.45, 7) is 3.36. The van der Waals surface area contributed by atoms with Crippen LogP contribution in [-0.4, -0.2) is 58.0 Å².